The topological polar surface area (TPSA) is 54.9 Å². The highest BCUT2D eigenvalue weighted by molar-refractivity contribution is 14.0. The molecule has 1 atom stereocenters. The maximum absolute atomic E-state index is 5.65. The van der Waals surface area contributed by atoms with Crippen molar-refractivity contribution in [2.75, 3.05) is 32.9 Å². The fourth-order valence-electron chi connectivity index (χ4n) is 2.27. The van der Waals surface area contributed by atoms with E-state index in [1.165, 1.54) is 11.3 Å². The van der Waals surface area contributed by atoms with Gasteiger partial charge < -0.3 is 20.1 Å². The molecule has 23 heavy (non-hydrogen) atoms. The molecule has 1 fully saturated rings. The molecular formula is C16H28IN3O2S. The molecule has 2 rings (SSSR count). The minimum absolute atomic E-state index is 0. The number of ether oxygens (including phenoxy) is 2. The van der Waals surface area contributed by atoms with Crippen LogP contribution in [-0.4, -0.2) is 45.0 Å². The van der Waals surface area contributed by atoms with E-state index in [-0.39, 0.29) is 24.0 Å². The first-order valence-electron chi connectivity index (χ1n) is 8.12. The van der Waals surface area contributed by atoms with Crippen molar-refractivity contribution in [3.05, 3.63) is 22.4 Å². The van der Waals surface area contributed by atoms with E-state index in [0.29, 0.717) is 6.10 Å². The first-order valence-corrected chi connectivity index (χ1v) is 9.00. The first-order chi connectivity index (χ1) is 10.9. The van der Waals surface area contributed by atoms with Crippen LogP contribution in [0.3, 0.4) is 0 Å². The van der Waals surface area contributed by atoms with Crippen LogP contribution in [0.15, 0.2) is 22.5 Å². The van der Waals surface area contributed by atoms with Crippen molar-refractivity contribution < 1.29 is 9.47 Å². The number of nitrogens with zero attached hydrogens (tertiary/aromatic N) is 1. The Labute approximate surface area is 160 Å². The molecule has 7 heteroatoms. The molecule has 2 heterocycles. The van der Waals surface area contributed by atoms with Gasteiger partial charge in [0.25, 0.3) is 0 Å². The van der Waals surface area contributed by atoms with Crippen LogP contribution in [0, 0.1) is 0 Å². The van der Waals surface area contributed by atoms with Crippen LogP contribution in [0.2, 0.25) is 0 Å². The Morgan fingerprint density at radius 3 is 3.09 bits per heavy atom. The summed E-state index contributed by atoms with van der Waals surface area (Å²) < 4.78 is 11.2. The molecule has 132 valence electrons. The van der Waals surface area contributed by atoms with Crippen molar-refractivity contribution in [1.29, 1.82) is 0 Å². The van der Waals surface area contributed by atoms with E-state index in [0.717, 1.165) is 58.3 Å². The monoisotopic (exact) mass is 453 g/mol. The summed E-state index contributed by atoms with van der Waals surface area (Å²) in [6.07, 6.45) is 3.59. The zero-order valence-corrected chi connectivity index (χ0v) is 16.9. The van der Waals surface area contributed by atoms with Gasteiger partial charge in [-0.15, -0.1) is 35.3 Å². The van der Waals surface area contributed by atoms with Crippen molar-refractivity contribution >= 4 is 41.3 Å². The molecule has 0 spiro atoms. The van der Waals surface area contributed by atoms with Crippen LogP contribution >= 0.6 is 35.3 Å². The molecular weight excluding hydrogens is 425 g/mol. The average Bonchev–Trinajstić information content (AvgIpc) is 3.21. The molecule has 1 aliphatic rings. The van der Waals surface area contributed by atoms with Crippen molar-refractivity contribution in [1.82, 2.24) is 10.6 Å². The highest BCUT2D eigenvalue weighted by Gasteiger charge is 2.14. The Morgan fingerprint density at radius 2 is 2.39 bits per heavy atom. The van der Waals surface area contributed by atoms with E-state index in [4.69, 9.17) is 9.47 Å². The molecule has 0 aromatic carbocycles. The summed E-state index contributed by atoms with van der Waals surface area (Å²) in [6, 6.07) is 4.16. The number of halogens is 1. The summed E-state index contributed by atoms with van der Waals surface area (Å²) in [6.45, 7) is 6.91. The number of guanidine groups is 1. The van der Waals surface area contributed by atoms with Crippen LogP contribution in [0.5, 0.6) is 0 Å². The van der Waals surface area contributed by atoms with Gasteiger partial charge in [0.2, 0.25) is 0 Å². The predicted molar refractivity (Wildman–Crippen MR) is 107 cm³/mol. The van der Waals surface area contributed by atoms with E-state index in [2.05, 4.69) is 40.1 Å². The lowest BCUT2D eigenvalue weighted by Gasteiger charge is -2.12. The van der Waals surface area contributed by atoms with E-state index in [1.807, 2.05) is 0 Å². The van der Waals surface area contributed by atoms with Gasteiger partial charge in [0.15, 0.2) is 5.96 Å². The van der Waals surface area contributed by atoms with Crippen LogP contribution in [0.4, 0.5) is 0 Å². The standard InChI is InChI=1S/C16H27N3O2S.HI/c1-2-17-16(19-12-15-7-4-11-22-15)18-8-5-9-20-13-14-6-3-10-21-14;/h4,7,11,14H,2-3,5-6,8-10,12-13H2,1H3,(H2,17,18,19);1H. The molecule has 0 amide bonds. The van der Waals surface area contributed by atoms with E-state index in [9.17, 15) is 0 Å². The third-order valence-electron chi connectivity index (χ3n) is 3.40. The normalized spacial score (nSPS) is 17.8. The Bertz CT molecular complexity index is 423. The number of hydrogen-bond donors (Lipinski definition) is 2. The maximum atomic E-state index is 5.65. The van der Waals surface area contributed by atoms with E-state index < -0.39 is 0 Å². The zero-order valence-electron chi connectivity index (χ0n) is 13.8. The Balaban J connectivity index is 0.00000264. The van der Waals surface area contributed by atoms with Gasteiger partial charge in [-0.3, -0.25) is 0 Å². The van der Waals surface area contributed by atoms with E-state index in [1.54, 1.807) is 11.3 Å². The quantitative estimate of drug-likeness (QED) is 0.261. The lowest BCUT2D eigenvalue weighted by molar-refractivity contribution is 0.0168. The summed E-state index contributed by atoms with van der Waals surface area (Å²) >= 11 is 1.74. The number of thiophene rings is 1. The second-order valence-corrected chi connectivity index (χ2v) is 6.30. The molecule has 1 aromatic heterocycles. The molecule has 5 nitrogen and oxygen atoms in total. The lowest BCUT2D eigenvalue weighted by atomic mass is 10.2. The van der Waals surface area contributed by atoms with Crippen LogP contribution in [-0.2, 0) is 16.0 Å². The predicted octanol–water partition coefficient (Wildman–Crippen LogP) is 3.01. The van der Waals surface area contributed by atoms with Crippen molar-refractivity contribution in [3.63, 3.8) is 0 Å². The summed E-state index contributed by atoms with van der Waals surface area (Å²) in [5.74, 6) is 0.870. The zero-order chi connectivity index (χ0) is 15.5. The van der Waals surface area contributed by atoms with Crippen molar-refractivity contribution in [2.24, 2.45) is 4.99 Å². The minimum atomic E-state index is 0. The van der Waals surface area contributed by atoms with Gasteiger partial charge in [-0.25, -0.2) is 4.99 Å². The minimum Gasteiger partial charge on any atom is -0.379 e. The highest BCUT2D eigenvalue weighted by Crippen LogP contribution is 2.12. The molecule has 0 aliphatic carbocycles. The van der Waals surface area contributed by atoms with Gasteiger partial charge in [0.1, 0.15) is 0 Å². The van der Waals surface area contributed by atoms with Gasteiger partial charge in [0, 0.05) is 31.2 Å². The molecule has 0 radical (unpaired) electrons. The number of rotatable bonds is 9. The van der Waals surface area contributed by atoms with Gasteiger partial charge in [-0.05, 0) is 37.6 Å². The van der Waals surface area contributed by atoms with E-state index >= 15 is 0 Å². The van der Waals surface area contributed by atoms with Gasteiger partial charge in [-0.1, -0.05) is 6.07 Å². The maximum Gasteiger partial charge on any atom is 0.191 e. The SMILES string of the molecule is CCNC(=NCc1cccs1)NCCCOCC1CCCO1.I. The first kappa shape index (κ1) is 20.7. The van der Waals surface area contributed by atoms with Gasteiger partial charge in [-0.2, -0.15) is 0 Å². The smallest absolute Gasteiger partial charge is 0.191 e. The Hall–Kier alpha value is -0.380. The third-order valence-corrected chi connectivity index (χ3v) is 4.26. The molecule has 1 saturated heterocycles. The lowest BCUT2D eigenvalue weighted by Crippen LogP contribution is -2.38. The second kappa shape index (κ2) is 13.0. The largest absolute Gasteiger partial charge is 0.379 e. The molecule has 0 saturated carbocycles. The Morgan fingerprint density at radius 1 is 1.48 bits per heavy atom. The van der Waals surface area contributed by atoms with Crippen LogP contribution in [0.1, 0.15) is 31.1 Å². The van der Waals surface area contributed by atoms with Gasteiger partial charge in [0.05, 0.1) is 19.3 Å². The summed E-state index contributed by atoms with van der Waals surface area (Å²) in [5, 5.41) is 8.69. The number of hydrogen-bond acceptors (Lipinski definition) is 4. The number of aliphatic imine (C=N–C) groups is 1. The molecule has 1 aromatic rings. The van der Waals surface area contributed by atoms with Crippen molar-refractivity contribution in [2.45, 2.75) is 38.8 Å². The molecule has 1 aliphatic heterocycles. The second-order valence-electron chi connectivity index (χ2n) is 5.26. The van der Waals surface area contributed by atoms with Crippen LogP contribution in [0.25, 0.3) is 0 Å². The van der Waals surface area contributed by atoms with Crippen molar-refractivity contribution in [3.8, 4) is 0 Å². The molecule has 0 bridgehead atoms. The fourth-order valence-corrected chi connectivity index (χ4v) is 2.90. The summed E-state index contributed by atoms with van der Waals surface area (Å²) in [5.41, 5.74) is 0. The van der Waals surface area contributed by atoms with Gasteiger partial charge >= 0.3 is 0 Å². The van der Waals surface area contributed by atoms with Crippen LogP contribution < -0.4 is 10.6 Å². The Kier molecular flexibility index (Phi) is 11.7. The average molecular weight is 453 g/mol. The highest BCUT2D eigenvalue weighted by atomic mass is 127. The molecule has 2 N–H and O–H groups in total. The third kappa shape index (κ3) is 8.88. The summed E-state index contributed by atoms with van der Waals surface area (Å²) in [7, 11) is 0. The fraction of sp³-hybridized carbons (Fsp3) is 0.688. The molecule has 1 unspecified atom stereocenters. The summed E-state index contributed by atoms with van der Waals surface area (Å²) in [4.78, 5) is 5.86. The number of nitrogens with one attached hydrogen (secondary N) is 2.